The first-order valence-corrected chi connectivity index (χ1v) is 11.0. The van der Waals surface area contributed by atoms with Crippen LogP contribution in [0.25, 0.3) is 0 Å². The molecule has 3 rings (SSSR count). The summed E-state index contributed by atoms with van der Waals surface area (Å²) in [6, 6.07) is 17.0. The van der Waals surface area contributed by atoms with Crippen LogP contribution >= 0.6 is 0 Å². The molecule has 0 radical (unpaired) electrons. The van der Waals surface area contributed by atoms with Gasteiger partial charge in [0.15, 0.2) is 0 Å². The van der Waals surface area contributed by atoms with E-state index in [1.807, 2.05) is 77.9 Å². The van der Waals surface area contributed by atoms with E-state index in [4.69, 9.17) is 0 Å². The van der Waals surface area contributed by atoms with Gasteiger partial charge >= 0.3 is 0 Å². The van der Waals surface area contributed by atoms with Crippen molar-refractivity contribution >= 4 is 23.2 Å². The van der Waals surface area contributed by atoms with Crippen molar-refractivity contribution in [3.63, 3.8) is 0 Å². The Kier molecular flexibility index (Phi) is 7.08. The smallest absolute Gasteiger partial charge is 0.276 e. The third-order valence-corrected chi connectivity index (χ3v) is 5.73. The fourth-order valence-corrected chi connectivity index (χ4v) is 4.22. The maximum Gasteiger partial charge on any atom is 0.276 e. The Labute approximate surface area is 190 Å². The molecule has 0 bridgehead atoms. The minimum atomic E-state index is -0.213. The topological polar surface area (TPSA) is 53.5 Å². The molecule has 0 atom stereocenters. The summed E-state index contributed by atoms with van der Waals surface area (Å²) in [5.74, 6) is -0.427. The van der Waals surface area contributed by atoms with Crippen LogP contribution < -0.4 is 9.80 Å². The molecule has 2 amide bonds. The second kappa shape index (κ2) is 9.77. The number of anilines is 2. The summed E-state index contributed by atoms with van der Waals surface area (Å²) in [4.78, 5) is 34.8. The lowest BCUT2D eigenvalue weighted by atomic mass is 10.1. The van der Waals surface area contributed by atoms with Gasteiger partial charge in [-0.2, -0.15) is 0 Å². The zero-order chi connectivity index (χ0) is 23.4. The van der Waals surface area contributed by atoms with Gasteiger partial charge in [0.05, 0.1) is 0 Å². The van der Waals surface area contributed by atoms with Crippen LogP contribution in [0.4, 0.5) is 11.4 Å². The molecule has 3 aromatic rings. The monoisotopic (exact) mass is 429 g/mol. The van der Waals surface area contributed by atoms with Crippen molar-refractivity contribution in [3.05, 3.63) is 88.2 Å². The predicted molar refractivity (Wildman–Crippen MR) is 131 cm³/mol. The number of amides is 2. The van der Waals surface area contributed by atoms with Crippen LogP contribution in [0.3, 0.4) is 0 Å². The molecule has 0 spiro atoms. The number of benzene rings is 2. The Morgan fingerprint density at radius 1 is 0.625 bits per heavy atom. The molecule has 166 valence electrons. The van der Waals surface area contributed by atoms with Gasteiger partial charge < -0.3 is 9.80 Å². The lowest BCUT2D eigenvalue weighted by Crippen LogP contribution is -2.35. The van der Waals surface area contributed by atoms with Crippen molar-refractivity contribution in [2.24, 2.45) is 0 Å². The molecule has 0 aliphatic heterocycles. The zero-order valence-corrected chi connectivity index (χ0v) is 19.8. The Hall–Kier alpha value is -3.47. The van der Waals surface area contributed by atoms with Gasteiger partial charge in [0, 0.05) is 24.5 Å². The predicted octanol–water partition coefficient (Wildman–Crippen LogP) is 5.65. The summed E-state index contributed by atoms with van der Waals surface area (Å²) in [7, 11) is 0. The zero-order valence-electron chi connectivity index (χ0n) is 19.8. The minimum absolute atomic E-state index is 0.213. The summed E-state index contributed by atoms with van der Waals surface area (Å²) in [5.41, 5.74) is 6.42. The van der Waals surface area contributed by atoms with E-state index in [1.54, 1.807) is 28.0 Å². The van der Waals surface area contributed by atoms with Crippen molar-refractivity contribution in [3.8, 4) is 0 Å². The highest BCUT2D eigenvalue weighted by molar-refractivity contribution is 6.08. The third kappa shape index (κ3) is 4.42. The molecule has 0 saturated heterocycles. The molecular formula is C27H31N3O2. The van der Waals surface area contributed by atoms with E-state index in [2.05, 4.69) is 4.98 Å². The molecule has 0 unspecified atom stereocenters. The lowest BCUT2D eigenvalue weighted by molar-refractivity contribution is 0.0979. The van der Waals surface area contributed by atoms with Gasteiger partial charge in [0.2, 0.25) is 0 Å². The summed E-state index contributed by atoms with van der Waals surface area (Å²) in [5, 5.41) is 0. The molecule has 0 fully saturated rings. The number of carbonyl (C=O) groups excluding carboxylic acids is 2. The molecule has 1 aromatic heterocycles. The van der Waals surface area contributed by atoms with Gasteiger partial charge in [-0.15, -0.1) is 0 Å². The number of rotatable bonds is 6. The average molecular weight is 430 g/mol. The van der Waals surface area contributed by atoms with E-state index < -0.39 is 0 Å². The number of hydrogen-bond donors (Lipinski definition) is 0. The second-order valence-corrected chi connectivity index (χ2v) is 7.99. The summed E-state index contributed by atoms with van der Waals surface area (Å²) < 4.78 is 0. The lowest BCUT2D eigenvalue weighted by Gasteiger charge is -2.26. The number of nitrogens with zero attached hydrogens (tertiary/aromatic N) is 3. The standard InChI is InChI=1S/C27H31N3O2/c1-7-29(24-18(3)12-9-13-19(24)4)26(31)22-16-11-17-23(28-22)27(32)30(8-2)25-20(5)14-10-15-21(25)6/h9-17H,7-8H2,1-6H3. The summed E-state index contributed by atoms with van der Waals surface area (Å²) >= 11 is 0. The van der Waals surface area contributed by atoms with Gasteiger partial charge in [-0.1, -0.05) is 42.5 Å². The highest BCUT2D eigenvalue weighted by Crippen LogP contribution is 2.27. The molecule has 0 aliphatic carbocycles. The van der Waals surface area contributed by atoms with Crippen molar-refractivity contribution < 1.29 is 9.59 Å². The second-order valence-electron chi connectivity index (χ2n) is 7.99. The van der Waals surface area contributed by atoms with Gasteiger partial charge in [0.25, 0.3) is 11.8 Å². The molecule has 5 heteroatoms. The van der Waals surface area contributed by atoms with Gasteiger partial charge in [-0.3, -0.25) is 9.59 Å². The fraction of sp³-hybridized carbons (Fsp3) is 0.296. The number of hydrogen-bond acceptors (Lipinski definition) is 3. The molecule has 5 nitrogen and oxygen atoms in total. The van der Waals surface area contributed by atoms with Crippen LogP contribution in [0, 0.1) is 27.7 Å². The van der Waals surface area contributed by atoms with Gasteiger partial charge in [0.1, 0.15) is 11.4 Å². The molecular weight excluding hydrogens is 398 g/mol. The highest BCUT2D eigenvalue weighted by Gasteiger charge is 2.24. The van der Waals surface area contributed by atoms with E-state index >= 15 is 0 Å². The Morgan fingerprint density at radius 2 is 0.938 bits per heavy atom. The molecule has 32 heavy (non-hydrogen) atoms. The van der Waals surface area contributed by atoms with Crippen molar-refractivity contribution in [2.45, 2.75) is 41.5 Å². The molecule has 0 aliphatic rings. The van der Waals surface area contributed by atoms with Crippen molar-refractivity contribution in [1.29, 1.82) is 0 Å². The quantitative estimate of drug-likeness (QED) is 0.509. The van der Waals surface area contributed by atoms with E-state index in [0.29, 0.717) is 13.1 Å². The Balaban J connectivity index is 1.98. The highest BCUT2D eigenvalue weighted by atomic mass is 16.2. The van der Waals surface area contributed by atoms with Crippen molar-refractivity contribution in [2.75, 3.05) is 22.9 Å². The third-order valence-electron chi connectivity index (χ3n) is 5.73. The van der Waals surface area contributed by atoms with E-state index in [-0.39, 0.29) is 23.2 Å². The van der Waals surface area contributed by atoms with Crippen molar-refractivity contribution in [1.82, 2.24) is 4.98 Å². The molecule has 0 N–H and O–H groups in total. The normalized spacial score (nSPS) is 10.7. The van der Waals surface area contributed by atoms with E-state index in [9.17, 15) is 9.59 Å². The van der Waals surface area contributed by atoms with Crippen LogP contribution in [0.2, 0.25) is 0 Å². The Morgan fingerprint density at radius 3 is 1.25 bits per heavy atom. The molecule has 0 saturated carbocycles. The number of carbonyl (C=O) groups is 2. The number of para-hydroxylation sites is 2. The first-order chi connectivity index (χ1) is 15.3. The SMILES string of the molecule is CCN(C(=O)c1cccc(C(=O)N(CC)c2c(C)cccc2C)n1)c1c(C)cccc1C. The number of aryl methyl sites for hydroxylation is 4. The van der Waals surface area contributed by atoms with Gasteiger partial charge in [-0.05, 0) is 75.9 Å². The van der Waals surface area contributed by atoms with Crippen LogP contribution in [-0.2, 0) is 0 Å². The maximum atomic E-state index is 13.4. The molecule has 2 aromatic carbocycles. The average Bonchev–Trinajstić information content (AvgIpc) is 2.78. The Bertz CT molecular complexity index is 1030. The fourth-order valence-electron chi connectivity index (χ4n) is 4.22. The largest absolute Gasteiger partial charge is 0.307 e. The van der Waals surface area contributed by atoms with Crippen LogP contribution in [0.15, 0.2) is 54.6 Å². The van der Waals surface area contributed by atoms with E-state index in [1.165, 1.54) is 0 Å². The number of aromatic nitrogens is 1. The van der Waals surface area contributed by atoms with Crippen LogP contribution in [0.5, 0.6) is 0 Å². The minimum Gasteiger partial charge on any atom is -0.307 e. The van der Waals surface area contributed by atoms with Crippen LogP contribution in [0.1, 0.15) is 57.1 Å². The first-order valence-electron chi connectivity index (χ1n) is 11.0. The summed E-state index contributed by atoms with van der Waals surface area (Å²) in [6.07, 6.45) is 0. The van der Waals surface area contributed by atoms with Gasteiger partial charge in [-0.25, -0.2) is 4.98 Å². The number of pyridine rings is 1. The maximum absolute atomic E-state index is 13.4. The summed E-state index contributed by atoms with van der Waals surface area (Å²) in [6.45, 7) is 12.9. The van der Waals surface area contributed by atoms with Crippen LogP contribution in [-0.4, -0.2) is 29.9 Å². The van der Waals surface area contributed by atoms with E-state index in [0.717, 1.165) is 33.6 Å². The molecule has 1 heterocycles. The first kappa shape index (κ1) is 23.2.